The molecule has 0 radical (unpaired) electrons. The quantitative estimate of drug-likeness (QED) is 0.743. The fourth-order valence-corrected chi connectivity index (χ4v) is 3.15. The number of aromatic nitrogens is 2. The average Bonchev–Trinajstić information content (AvgIpc) is 2.61. The van der Waals surface area contributed by atoms with Crippen LogP contribution in [0.1, 0.15) is 23.5 Å². The SMILES string of the molecule is O=C1CC(c2ccc(F)cc2F)c2c(nc(-c3ccccc3)[nH]c2=O)N1. The average molecular weight is 353 g/mol. The van der Waals surface area contributed by atoms with Gasteiger partial charge in [-0.15, -0.1) is 0 Å². The Labute approximate surface area is 146 Å². The lowest BCUT2D eigenvalue weighted by Gasteiger charge is -2.25. The second kappa shape index (κ2) is 6.18. The number of amides is 1. The molecule has 1 aliphatic heterocycles. The van der Waals surface area contributed by atoms with Gasteiger partial charge in [0.2, 0.25) is 5.91 Å². The first-order valence-electron chi connectivity index (χ1n) is 7.97. The van der Waals surface area contributed by atoms with Crippen LogP contribution in [-0.2, 0) is 4.79 Å². The molecule has 2 N–H and O–H groups in total. The lowest BCUT2D eigenvalue weighted by atomic mass is 9.86. The molecular weight excluding hydrogens is 340 g/mol. The Morgan fingerprint density at radius 2 is 1.81 bits per heavy atom. The zero-order chi connectivity index (χ0) is 18.3. The minimum Gasteiger partial charge on any atom is -0.310 e. The number of hydrogen-bond donors (Lipinski definition) is 2. The van der Waals surface area contributed by atoms with E-state index in [1.165, 1.54) is 6.07 Å². The summed E-state index contributed by atoms with van der Waals surface area (Å²) in [6, 6.07) is 12.1. The lowest BCUT2D eigenvalue weighted by Crippen LogP contribution is -2.31. The number of nitrogens with zero attached hydrogens (tertiary/aromatic N) is 1. The molecule has 1 unspecified atom stereocenters. The number of fused-ring (bicyclic) bond motifs is 1. The van der Waals surface area contributed by atoms with Crippen molar-refractivity contribution in [2.24, 2.45) is 0 Å². The smallest absolute Gasteiger partial charge is 0.257 e. The molecule has 7 heteroatoms. The summed E-state index contributed by atoms with van der Waals surface area (Å²) in [6.07, 6.45) is -0.120. The van der Waals surface area contributed by atoms with E-state index >= 15 is 0 Å². The summed E-state index contributed by atoms with van der Waals surface area (Å²) >= 11 is 0. The first-order chi connectivity index (χ1) is 12.5. The fraction of sp³-hybridized carbons (Fsp3) is 0.105. The van der Waals surface area contributed by atoms with Crippen molar-refractivity contribution < 1.29 is 13.6 Å². The largest absolute Gasteiger partial charge is 0.310 e. The van der Waals surface area contributed by atoms with E-state index < -0.39 is 23.1 Å². The minimum atomic E-state index is -0.833. The maximum Gasteiger partial charge on any atom is 0.257 e. The predicted molar refractivity (Wildman–Crippen MR) is 91.7 cm³/mol. The Hall–Kier alpha value is -3.35. The number of carbonyl (C=O) groups is 1. The molecule has 0 saturated carbocycles. The summed E-state index contributed by atoms with van der Waals surface area (Å²) in [7, 11) is 0. The Bertz CT molecular complexity index is 1060. The van der Waals surface area contributed by atoms with E-state index in [-0.39, 0.29) is 29.3 Å². The number of hydrogen-bond acceptors (Lipinski definition) is 3. The van der Waals surface area contributed by atoms with Gasteiger partial charge in [0, 0.05) is 24.0 Å². The third kappa shape index (κ3) is 2.77. The maximum atomic E-state index is 14.2. The summed E-state index contributed by atoms with van der Waals surface area (Å²) in [5.74, 6) is -2.35. The summed E-state index contributed by atoms with van der Waals surface area (Å²) < 4.78 is 27.4. The van der Waals surface area contributed by atoms with Gasteiger partial charge in [0.05, 0.1) is 5.56 Å². The molecule has 0 fully saturated rings. The Kier molecular flexibility index (Phi) is 3.84. The second-order valence-electron chi connectivity index (χ2n) is 6.01. The Morgan fingerprint density at radius 3 is 2.54 bits per heavy atom. The summed E-state index contributed by atoms with van der Waals surface area (Å²) in [6.45, 7) is 0. The molecule has 0 bridgehead atoms. The molecule has 2 aromatic carbocycles. The van der Waals surface area contributed by atoms with Gasteiger partial charge in [0.25, 0.3) is 5.56 Å². The van der Waals surface area contributed by atoms with Crippen molar-refractivity contribution >= 4 is 11.7 Å². The van der Waals surface area contributed by atoms with Crippen molar-refractivity contribution in [3.8, 4) is 11.4 Å². The molecule has 2 heterocycles. The van der Waals surface area contributed by atoms with Gasteiger partial charge < -0.3 is 10.3 Å². The molecule has 130 valence electrons. The van der Waals surface area contributed by atoms with Crippen LogP contribution in [0.2, 0.25) is 0 Å². The van der Waals surface area contributed by atoms with Crippen molar-refractivity contribution in [1.29, 1.82) is 0 Å². The van der Waals surface area contributed by atoms with Gasteiger partial charge in [-0.2, -0.15) is 0 Å². The van der Waals surface area contributed by atoms with Crippen LogP contribution in [0.5, 0.6) is 0 Å². The van der Waals surface area contributed by atoms with Crippen LogP contribution in [0, 0.1) is 11.6 Å². The van der Waals surface area contributed by atoms with Gasteiger partial charge in [-0.25, -0.2) is 13.8 Å². The maximum absolute atomic E-state index is 14.2. The van der Waals surface area contributed by atoms with E-state index in [4.69, 9.17) is 0 Å². The van der Waals surface area contributed by atoms with Gasteiger partial charge in [-0.1, -0.05) is 36.4 Å². The molecule has 1 amide bonds. The monoisotopic (exact) mass is 353 g/mol. The first-order valence-corrected chi connectivity index (χ1v) is 7.97. The number of halogens is 2. The van der Waals surface area contributed by atoms with Gasteiger partial charge in [-0.05, 0) is 11.6 Å². The van der Waals surface area contributed by atoms with Crippen LogP contribution < -0.4 is 10.9 Å². The van der Waals surface area contributed by atoms with Crippen LogP contribution in [0.25, 0.3) is 11.4 Å². The molecule has 1 atom stereocenters. The fourth-order valence-electron chi connectivity index (χ4n) is 3.15. The predicted octanol–water partition coefficient (Wildman–Crippen LogP) is 3.19. The van der Waals surface area contributed by atoms with Crippen LogP contribution in [0.3, 0.4) is 0 Å². The van der Waals surface area contributed by atoms with Crippen molar-refractivity contribution in [1.82, 2.24) is 9.97 Å². The second-order valence-corrected chi connectivity index (χ2v) is 6.01. The van der Waals surface area contributed by atoms with Crippen LogP contribution in [0.4, 0.5) is 14.6 Å². The summed E-state index contributed by atoms with van der Waals surface area (Å²) in [5.41, 5.74) is 0.455. The molecule has 4 rings (SSSR count). The summed E-state index contributed by atoms with van der Waals surface area (Å²) in [4.78, 5) is 31.8. The van der Waals surface area contributed by atoms with Crippen molar-refractivity contribution in [2.45, 2.75) is 12.3 Å². The lowest BCUT2D eigenvalue weighted by molar-refractivity contribution is -0.116. The molecule has 3 aromatic rings. The minimum absolute atomic E-state index is 0.0854. The highest BCUT2D eigenvalue weighted by Gasteiger charge is 2.32. The first kappa shape index (κ1) is 16.1. The molecule has 0 spiro atoms. The van der Waals surface area contributed by atoms with Gasteiger partial charge >= 0.3 is 0 Å². The molecular formula is C19H13F2N3O2. The van der Waals surface area contributed by atoms with Gasteiger partial charge in [0.1, 0.15) is 23.3 Å². The molecule has 5 nitrogen and oxygen atoms in total. The standard InChI is InChI=1S/C19H13F2N3O2/c20-11-6-7-12(14(21)8-11)13-9-15(25)22-18-16(13)19(26)24-17(23-18)10-4-2-1-3-5-10/h1-8,13H,9H2,(H2,22,23,24,25,26). The molecule has 1 aromatic heterocycles. The highest BCUT2D eigenvalue weighted by Crippen LogP contribution is 2.35. The third-order valence-electron chi connectivity index (χ3n) is 4.34. The normalized spacial score (nSPS) is 16.1. The topological polar surface area (TPSA) is 74.8 Å². The number of rotatable bonds is 2. The zero-order valence-corrected chi connectivity index (χ0v) is 13.4. The molecule has 0 aliphatic carbocycles. The van der Waals surface area contributed by atoms with Crippen molar-refractivity contribution in [3.05, 3.63) is 81.6 Å². The number of nitrogens with one attached hydrogen (secondary N) is 2. The van der Waals surface area contributed by atoms with E-state index in [9.17, 15) is 18.4 Å². The van der Waals surface area contributed by atoms with E-state index in [0.717, 1.165) is 12.1 Å². The van der Waals surface area contributed by atoms with E-state index in [2.05, 4.69) is 15.3 Å². The molecule has 1 aliphatic rings. The van der Waals surface area contributed by atoms with Crippen LogP contribution in [0.15, 0.2) is 53.3 Å². The van der Waals surface area contributed by atoms with Crippen LogP contribution in [-0.4, -0.2) is 15.9 Å². The number of H-pyrrole nitrogens is 1. The van der Waals surface area contributed by atoms with Crippen LogP contribution >= 0.6 is 0 Å². The van der Waals surface area contributed by atoms with E-state index in [1.807, 2.05) is 6.07 Å². The van der Waals surface area contributed by atoms with E-state index in [0.29, 0.717) is 11.4 Å². The highest BCUT2D eigenvalue weighted by atomic mass is 19.1. The van der Waals surface area contributed by atoms with E-state index in [1.54, 1.807) is 24.3 Å². The van der Waals surface area contributed by atoms with Gasteiger partial charge in [0.15, 0.2) is 0 Å². The number of aromatic amines is 1. The number of anilines is 1. The zero-order valence-electron chi connectivity index (χ0n) is 13.4. The van der Waals surface area contributed by atoms with Crippen molar-refractivity contribution in [2.75, 3.05) is 5.32 Å². The van der Waals surface area contributed by atoms with Gasteiger partial charge in [-0.3, -0.25) is 9.59 Å². The molecule has 0 saturated heterocycles. The number of carbonyl (C=O) groups excluding carboxylic acids is 1. The van der Waals surface area contributed by atoms with Crippen molar-refractivity contribution in [3.63, 3.8) is 0 Å². The Morgan fingerprint density at radius 1 is 1.04 bits per heavy atom. The number of benzene rings is 2. The third-order valence-corrected chi connectivity index (χ3v) is 4.34. The highest BCUT2D eigenvalue weighted by molar-refractivity contribution is 5.94. The Balaban J connectivity index is 1.88. The molecule has 26 heavy (non-hydrogen) atoms. The summed E-state index contributed by atoms with van der Waals surface area (Å²) in [5, 5.41) is 2.57.